The molecule has 1 aromatic heterocycles. The summed E-state index contributed by atoms with van der Waals surface area (Å²) in [5.74, 6) is 2.85. The molecule has 88 valence electrons. The van der Waals surface area contributed by atoms with Crippen molar-refractivity contribution in [3.63, 3.8) is 0 Å². The van der Waals surface area contributed by atoms with Gasteiger partial charge in [-0.25, -0.2) is 0 Å². The van der Waals surface area contributed by atoms with E-state index < -0.39 is 0 Å². The van der Waals surface area contributed by atoms with Crippen molar-refractivity contribution in [3.8, 4) is 0 Å². The Hall–Kier alpha value is -0.900. The molecule has 1 heterocycles. The van der Waals surface area contributed by atoms with Crippen molar-refractivity contribution in [1.29, 1.82) is 0 Å². The Morgan fingerprint density at radius 1 is 1.31 bits per heavy atom. The molecular formula is C12H19N3O. The van der Waals surface area contributed by atoms with Gasteiger partial charge in [0.05, 0.1) is 5.92 Å². The monoisotopic (exact) mass is 221 g/mol. The van der Waals surface area contributed by atoms with E-state index in [1.165, 1.54) is 32.1 Å². The predicted octanol–water partition coefficient (Wildman–Crippen LogP) is 2.19. The molecule has 0 bridgehead atoms. The van der Waals surface area contributed by atoms with Crippen molar-refractivity contribution < 1.29 is 4.52 Å². The molecule has 16 heavy (non-hydrogen) atoms. The minimum atomic E-state index is 0.444. The van der Waals surface area contributed by atoms with E-state index in [1.807, 2.05) is 0 Å². The van der Waals surface area contributed by atoms with Crippen molar-refractivity contribution in [3.05, 3.63) is 11.7 Å². The van der Waals surface area contributed by atoms with Crippen LogP contribution in [0.15, 0.2) is 4.52 Å². The lowest BCUT2D eigenvalue weighted by Crippen LogP contribution is -2.31. The van der Waals surface area contributed by atoms with Gasteiger partial charge in [0.2, 0.25) is 5.89 Å². The van der Waals surface area contributed by atoms with Crippen molar-refractivity contribution in [1.82, 2.24) is 15.5 Å². The van der Waals surface area contributed by atoms with E-state index in [1.54, 1.807) is 0 Å². The van der Waals surface area contributed by atoms with Crippen LogP contribution >= 0.6 is 0 Å². The number of aromatic nitrogens is 2. The molecule has 3 rings (SSSR count). The van der Waals surface area contributed by atoms with Gasteiger partial charge in [0.25, 0.3) is 0 Å². The first-order valence-electron chi connectivity index (χ1n) is 6.45. The van der Waals surface area contributed by atoms with E-state index >= 15 is 0 Å². The van der Waals surface area contributed by atoms with Crippen LogP contribution in [0.4, 0.5) is 0 Å². The van der Waals surface area contributed by atoms with Gasteiger partial charge in [-0.2, -0.15) is 4.98 Å². The third-order valence-corrected chi connectivity index (χ3v) is 3.70. The summed E-state index contributed by atoms with van der Waals surface area (Å²) in [7, 11) is 0. The predicted molar refractivity (Wildman–Crippen MR) is 60.3 cm³/mol. The first kappa shape index (κ1) is 10.3. The maximum Gasteiger partial charge on any atom is 0.231 e. The van der Waals surface area contributed by atoms with Crippen LogP contribution in [0.25, 0.3) is 0 Å². The minimum Gasteiger partial charge on any atom is -0.339 e. The zero-order chi connectivity index (χ0) is 11.0. The second kappa shape index (κ2) is 4.17. The van der Waals surface area contributed by atoms with Crippen LogP contribution < -0.4 is 5.32 Å². The fraction of sp³-hybridized carbons (Fsp3) is 0.833. The summed E-state index contributed by atoms with van der Waals surface area (Å²) < 4.78 is 5.43. The highest BCUT2D eigenvalue weighted by Gasteiger charge is 2.34. The molecular weight excluding hydrogens is 202 g/mol. The average Bonchev–Trinajstić information content (AvgIpc) is 2.85. The molecule has 2 aliphatic carbocycles. The molecule has 2 fully saturated rings. The lowest BCUT2D eigenvalue weighted by atomic mass is 10.0. The standard InChI is InChI=1S/C12H19N3O/c1-2-13-10-5-3-4-9(10)12-14-11(15-16-12)8-6-7-8/h8-10,13H,2-7H2,1H3. The molecule has 2 unspecified atom stereocenters. The zero-order valence-corrected chi connectivity index (χ0v) is 9.78. The molecule has 2 atom stereocenters. The van der Waals surface area contributed by atoms with Crippen LogP contribution in [0.5, 0.6) is 0 Å². The molecule has 1 aromatic rings. The van der Waals surface area contributed by atoms with E-state index in [-0.39, 0.29) is 0 Å². The van der Waals surface area contributed by atoms with Crippen LogP contribution in [-0.4, -0.2) is 22.7 Å². The largest absolute Gasteiger partial charge is 0.339 e. The van der Waals surface area contributed by atoms with Gasteiger partial charge in [0.1, 0.15) is 0 Å². The van der Waals surface area contributed by atoms with E-state index in [0.29, 0.717) is 17.9 Å². The van der Waals surface area contributed by atoms with E-state index in [2.05, 4.69) is 22.4 Å². The molecule has 2 aliphatic rings. The first-order valence-corrected chi connectivity index (χ1v) is 6.45. The molecule has 4 heteroatoms. The summed E-state index contributed by atoms with van der Waals surface area (Å²) in [5, 5.41) is 7.62. The SMILES string of the molecule is CCNC1CCCC1c1nc(C2CC2)no1. The lowest BCUT2D eigenvalue weighted by Gasteiger charge is -2.16. The van der Waals surface area contributed by atoms with Crippen LogP contribution in [0.1, 0.15) is 62.6 Å². The summed E-state index contributed by atoms with van der Waals surface area (Å²) in [6.45, 7) is 3.17. The number of hydrogen-bond donors (Lipinski definition) is 1. The van der Waals surface area contributed by atoms with E-state index in [4.69, 9.17) is 4.52 Å². The minimum absolute atomic E-state index is 0.444. The fourth-order valence-corrected chi connectivity index (χ4v) is 2.67. The van der Waals surface area contributed by atoms with Crippen LogP contribution in [0.3, 0.4) is 0 Å². The van der Waals surface area contributed by atoms with Crippen molar-refractivity contribution >= 4 is 0 Å². The lowest BCUT2D eigenvalue weighted by molar-refractivity contribution is 0.329. The number of nitrogens with zero attached hydrogens (tertiary/aromatic N) is 2. The highest BCUT2D eigenvalue weighted by molar-refractivity contribution is 5.08. The first-order chi connectivity index (χ1) is 7.88. The van der Waals surface area contributed by atoms with Gasteiger partial charge < -0.3 is 9.84 Å². The molecule has 0 radical (unpaired) electrons. The highest BCUT2D eigenvalue weighted by atomic mass is 16.5. The van der Waals surface area contributed by atoms with E-state index in [0.717, 1.165) is 18.3 Å². The van der Waals surface area contributed by atoms with Gasteiger partial charge in [-0.3, -0.25) is 0 Å². The number of rotatable bonds is 4. The molecule has 4 nitrogen and oxygen atoms in total. The van der Waals surface area contributed by atoms with Gasteiger partial charge in [-0.05, 0) is 32.2 Å². The Kier molecular flexibility index (Phi) is 2.67. The van der Waals surface area contributed by atoms with Gasteiger partial charge in [0, 0.05) is 12.0 Å². The Labute approximate surface area is 95.8 Å². The molecule has 1 N–H and O–H groups in total. The topological polar surface area (TPSA) is 51.0 Å². The summed E-state index contributed by atoms with van der Waals surface area (Å²) in [6, 6.07) is 0.539. The second-order valence-electron chi connectivity index (χ2n) is 4.97. The summed E-state index contributed by atoms with van der Waals surface area (Å²) in [6.07, 6.45) is 6.16. The van der Waals surface area contributed by atoms with Crippen molar-refractivity contribution in [2.75, 3.05) is 6.54 Å². The number of hydrogen-bond acceptors (Lipinski definition) is 4. The van der Waals surface area contributed by atoms with Gasteiger partial charge in [0.15, 0.2) is 5.82 Å². The van der Waals surface area contributed by atoms with Crippen LogP contribution in [-0.2, 0) is 0 Å². The molecule has 0 amide bonds. The van der Waals surface area contributed by atoms with Crippen LogP contribution in [0.2, 0.25) is 0 Å². The highest BCUT2D eigenvalue weighted by Crippen LogP contribution is 2.40. The summed E-state index contributed by atoms with van der Waals surface area (Å²) in [5.41, 5.74) is 0. The smallest absolute Gasteiger partial charge is 0.231 e. The van der Waals surface area contributed by atoms with Gasteiger partial charge >= 0.3 is 0 Å². The quantitative estimate of drug-likeness (QED) is 0.846. The molecule has 0 aromatic carbocycles. The Balaban J connectivity index is 1.73. The normalized spacial score (nSPS) is 29.8. The average molecular weight is 221 g/mol. The second-order valence-corrected chi connectivity index (χ2v) is 4.97. The van der Waals surface area contributed by atoms with Gasteiger partial charge in [-0.1, -0.05) is 18.5 Å². The third-order valence-electron chi connectivity index (χ3n) is 3.70. The Morgan fingerprint density at radius 3 is 2.94 bits per heavy atom. The maximum atomic E-state index is 5.43. The van der Waals surface area contributed by atoms with E-state index in [9.17, 15) is 0 Å². The fourth-order valence-electron chi connectivity index (χ4n) is 2.67. The molecule has 2 saturated carbocycles. The molecule has 0 saturated heterocycles. The van der Waals surface area contributed by atoms with Crippen molar-refractivity contribution in [2.24, 2.45) is 0 Å². The molecule has 0 aliphatic heterocycles. The van der Waals surface area contributed by atoms with Gasteiger partial charge in [-0.15, -0.1) is 0 Å². The molecule has 0 spiro atoms. The zero-order valence-electron chi connectivity index (χ0n) is 9.78. The van der Waals surface area contributed by atoms with Crippen molar-refractivity contribution in [2.45, 2.75) is 56.9 Å². The Bertz CT molecular complexity index is 359. The number of nitrogens with one attached hydrogen (secondary N) is 1. The summed E-state index contributed by atoms with van der Waals surface area (Å²) >= 11 is 0. The Morgan fingerprint density at radius 2 is 2.19 bits per heavy atom. The number of likely N-dealkylation sites (N-methyl/N-ethyl adjacent to an activating group) is 1. The summed E-state index contributed by atoms with van der Waals surface area (Å²) in [4.78, 5) is 4.57. The van der Waals surface area contributed by atoms with Crippen LogP contribution in [0, 0.1) is 0 Å². The maximum absolute atomic E-state index is 5.43. The third kappa shape index (κ3) is 1.86.